The van der Waals surface area contributed by atoms with Gasteiger partial charge in [0.2, 0.25) is 5.12 Å². The highest BCUT2D eigenvalue weighted by atomic mass is 35.5. The first-order chi connectivity index (χ1) is 11.8. The lowest BCUT2D eigenvalue weighted by molar-refractivity contribution is 0.108. The Morgan fingerprint density at radius 3 is 2.40 bits per heavy atom. The van der Waals surface area contributed by atoms with E-state index in [1.165, 1.54) is 11.8 Å². The second kappa shape index (κ2) is 6.81. The zero-order valence-electron chi connectivity index (χ0n) is 14.8. The lowest BCUT2D eigenvalue weighted by atomic mass is 9.95. The van der Waals surface area contributed by atoms with Gasteiger partial charge in [-0.05, 0) is 30.7 Å². The molecule has 0 fully saturated rings. The Balaban J connectivity index is 2.35. The number of hydrogen-bond acceptors (Lipinski definition) is 3. The minimum Gasteiger partial charge on any atom is -0.281 e. The van der Waals surface area contributed by atoms with Crippen molar-refractivity contribution in [1.29, 1.82) is 0 Å². The summed E-state index contributed by atoms with van der Waals surface area (Å²) in [5.41, 5.74) is 4.17. The van der Waals surface area contributed by atoms with Gasteiger partial charge in [0.1, 0.15) is 0 Å². The van der Waals surface area contributed by atoms with E-state index in [0.717, 1.165) is 27.7 Å². The molecule has 0 N–H and O–H groups in total. The molecular weight excluding hydrogens is 350 g/mol. The van der Waals surface area contributed by atoms with E-state index in [-0.39, 0.29) is 9.86 Å². The number of benzene rings is 2. The molecule has 4 heteroatoms. The molecule has 0 saturated carbocycles. The second-order valence-corrected chi connectivity index (χ2v) is 9.21. The Morgan fingerprint density at radius 2 is 1.76 bits per heavy atom. The number of nitrogens with zero attached hydrogens (tertiary/aromatic N) is 1. The molecular formula is C21H20ClNOS. The van der Waals surface area contributed by atoms with Crippen LogP contribution in [0.2, 0.25) is 5.02 Å². The van der Waals surface area contributed by atoms with Gasteiger partial charge in [-0.3, -0.25) is 9.78 Å². The molecule has 3 aromatic rings. The SMILES string of the molecule is Cc1nc2ccc(Cl)cc2c(-c2ccccc2)c1C(=O)SC(C)(C)C. The predicted molar refractivity (Wildman–Crippen MR) is 109 cm³/mol. The van der Waals surface area contributed by atoms with E-state index >= 15 is 0 Å². The quantitative estimate of drug-likeness (QED) is 0.514. The number of thioether (sulfide) groups is 1. The van der Waals surface area contributed by atoms with Crippen molar-refractivity contribution >= 4 is 39.4 Å². The third kappa shape index (κ3) is 3.88. The van der Waals surface area contributed by atoms with Crippen LogP contribution >= 0.6 is 23.4 Å². The molecule has 2 nitrogen and oxygen atoms in total. The molecule has 0 aliphatic rings. The molecule has 0 aliphatic carbocycles. The monoisotopic (exact) mass is 369 g/mol. The number of rotatable bonds is 2. The lowest BCUT2D eigenvalue weighted by Gasteiger charge is -2.20. The number of carbonyl (C=O) groups is 1. The van der Waals surface area contributed by atoms with Crippen LogP contribution in [-0.2, 0) is 0 Å². The smallest absolute Gasteiger partial charge is 0.222 e. The zero-order valence-corrected chi connectivity index (χ0v) is 16.3. The molecule has 0 aliphatic heterocycles. The molecule has 128 valence electrons. The van der Waals surface area contributed by atoms with E-state index in [0.29, 0.717) is 10.6 Å². The van der Waals surface area contributed by atoms with E-state index in [9.17, 15) is 4.79 Å². The van der Waals surface area contributed by atoms with Gasteiger partial charge in [0.25, 0.3) is 0 Å². The van der Waals surface area contributed by atoms with Crippen LogP contribution in [0.3, 0.4) is 0 Å². The highest BCUT2D eigenvalue weighted by Crippen LogP contribution is 2.38. The number of pyridine rings is 1. The van der Waals surface area contributed by atoms with E-state index < -0.39 is 0 Å². The normalized spacial score (nSPS) is 11.7. The highest BCUT2D eigenvalue weighted by Gasteiger charge is 2.25. The molecule has 0 unspecified atom stereocenters. The molecule has 0 saturated heterocycles. The summed E-state index contributed by atoms with van der Waals surface area (Å²) in [7, 11) is 0. The standard InChI is InChI=1S/C21H20ClNOS/c1-13-18(20(24)25-21(2,3)4)19(14-8-6-5-7-9-14)16-12-15(22)10-11-17(16)23-13/h5-12H,1-4H3. The Kier molecular flexibility index (Phi) is 4.90. The van der Waals surface area contributed by atoms with Crippen LogP contribution in [0.4, 0.5) is 0 Å². The van der Waals surface area contributed by atoms with Crippen LogP contribution in [-0.4, -0.2) is 14.8 Å². The number of hydrogen-bond donors (Lipinski definition) is 0. The van der Waals surface area contributed by atoms with Crippen molar-refractivity contribution < 1.29 is 4.79 Å². The maximum Gasteiger partial charge on any atom is 0.222 e. The Morgan fingerprint density at radius 1 is 1.08 bits per heavy atom. The van der Waals surface area contributed by atoms with Crippen LogP contribution < -0.4 is 0 Å². The van der Waals surface area contributed by atoms with Crippen molar-refractivity contribution in [2.24, 2.45) is 0 Å². The maximum absolute atomic E-state index is 13.1. The Labute approximate surface area is 157 Å². The molecule has 3 rings (SSSR count). The summed E-state index contributed by atoms with van der Waals surface area (Å²) in [6, 6.07) is 15.6. The zero-order chi connectivity index (χ0) is 18.2. The van der Waals surface area contributed by atoms with E-state index in [2.05, 4.69) is 4.98 Å². The summed E-state index contributed by atoms with van der Waals surface area (Å²) in [6.45, 7) is 8.02. The molecule has 0 amide bonds. The lowest BCUT2D eigenvalue weighted by Crippen LogP contribution is -2.14. The van der Waals surface area contributed by atoms with E-state index in [1.54, 1.807) is 0 Å². The van der Waals surface area contributed by atoms with Crippen molar-refractivity contribution in [3.8, 4) is 11.1 Å². The number of carbonyl (C=O) groups excluding carboxylic acids is 1. The van der Waals surface area contributed by atoms with Crippen molar-refractivity contribution in [2.75, 3.05) is 0 Å². The summed E-state index contributed by atoms with van der Waals surface area (Å²) in [4.78, 5) is 17.8. The van der Waals surface area contributed by atoms with Crippen LogP contribution in [0, 0.1) is 6.92 Å². The number of halogens is 1. The van der Waals surface area contributed by atoms with Gasteiger partial charge < -0.3 is 0 Å². The predicted octanol–water partition coefficient (Wildman–Crippen LogP) is 6.54. The van der Waals surface area contributed by atoms with Crippen LogP contribution in [0.5, 0.6) is 0 Å². The van der Waals surface area contributed by atoms with Crippen molar-refractivity contribution in [3.05, 3.63) is 64.8 Å². The van der Waals surface area contributed by atoms with Gasteiger partial charge in [0.05, 0.1) is 16.8 Å². The highest BCUT2D eigenvalue weighted by molar-refractivity contribution is 8.15. The maximum atomic E-state index is 13.1. The average Bonchev–Trinajstić information content (AvgIpc) is 2.53. The molecule has 1 aromatic heterocycles. The molecule has 1 heterocycles. The summed E-state index contributed by atoms with van der Waals surface area (Å²) in [5, 5.41) is 1.58. The van der Waals surface area contributed by atoms with Gasteiger partial charge in [-0.15, -0.1) is 0 Å². The van der Waals surface area contributed by atoms with Gasteiger partial charge in [-0.1, -0.05) is 74.5 Å². The van der Waals surface area contributed by atoms with Crippen molar-refractivity contribution in [3.63, 3.8) is 0 Å². The minimum atomic E-state index is -0.166. The minimum absolute atomic E-state index is 0.0400. The topological polar surface area (TPSA) is 30.0 Å². The van der Waals surface area contributed by atoms with Gasteiger partial charge in [0, 0.05) is 20.7 Å². The third-order valence-electron chi connectivity index (χ3n) is 3.79. The third-order valence-corrected chi connectivity index (χ3v) is 5.03. The van der Waals surface area contributed by atoms with Crippen LogP contribution in [0.25, 0.3) is 22.0 Å². The largest absolute Gasteiger partial charge is 0.281 e. The molecule has 2 aromatic carbocycles. The van der Waals surface area contributed by atoms with Crippen molar-refractivity contribution in [2.45, 2.75) is 32.4 Å². The fourth-order valence-electron chi connectivity index (χ4n) is 2.84. The Bertz CT molecular complexity index is 946. The summed E-state index contributed by atoms with van der Waals surface area (Å²) in [6.07, 6.45) is 0. The first kappa shape index (κ1) is 18.0. The van der Waals surface area contributed by atoms with Gasteiger partial charge in [0.15, 0.2) is 0 Å². The van der Waals surface area contributed by atoms with Crippen molar-refractivity contribution in [1.82, 2.24) is 4.98 Å². The first-order valence-corrected chi connectivity index (χ1v) is 9.34. The fourth-order valence-corrected chi connectivity index (χ4v) is 3.92. The molecule has 25 heavy (non-hydrogen) atoms. The van der Waals surface area contributed by atoms with Gasteiger partial charge >= 0.3 is 0 Å². The number of fused-ring (bicyclic) bond motifs is 1. The van der Waals surface area contributed by atoms with Crippen LogP contribution in [0.15, 0.2) is 48.5 Å². The van der Waals surface area contributed by atoms with E-state index in [4.69, 9.17) is 11.6 Å². The molecule has 0 spiro atoms. The average molecular weight is 370 g/mol. The van der Waals surface area contributed by atoms with Gasteiger partial charge in [-0.25, -0.2) is 0 Å². The number of aryl methyl sites for hydroxylation is 1. The first-order valence-electron chi connectivity index (χ1n) is 8.15. The van der Waals surface area contributed by atoms with Gasteiger partial charge in [-0.2, -0.15) is 0 Å². The Hall–Kier alpha value is -1.84. The molecule has 0 bridgehead atoms. The second-order valence-electron chi connectivity index (χ2n) is 6.98. The fraction of sp³-hybridized carbons (Fsp3) is 0.238. The molecule has 0 atom stereocenters. The summed E-state index contributed by atoms with van der Waals surface area (Å²) >= 11 is 7.57. The number of aromatic nitrogens is 1. The van der Waals surface area contributed by atoms with E-state index in [1.807, 2.05) is 76.2 Å². The summed E-state index contributed by atoms with van der Waals surface area (Å²) in [5.74, 6) is 0. The van der Waals surface area contributed by atoms with Crippen LogP contribution in [0.1, 0.15) is 36.8 Å². The summed E-state index contributed by atoms with van der Waals surface area (Å²) < 4.78 is -0.166. The molecule has 0 radical (unpaired) electrons.